The first-order chi connectivity index (χ1) is 14.4. The van der Waals surface area contributed by atoms with E-state index in [0.717, 1.165) is 34.4 Å². The molecule has 3 aromatic rings. The summed E-state index contributed by atoms with van der Waals surface area (Å²) in [6, 6.07) is 12.0. The highest BCUT2D eigenvalue weighted by atomic mass is 32.1. The van der Waals surface area contributed by atoms with Gasteiger partial charge in [-0.05, 0) is 48.0 Å². The number of hydrogen-bond donors (Lipinski definition) is 2. The van der Waals surface area contributed by atoms with Gasteiger partial charge in [0, 0.05) is 10.9 Å². The molecular weight excluding hydrogens is 412 g/mol. The number of hydrogen-bond acceptors (Lipinski definition) is 5. The van der Waals surface area contributed by atoms with Gasteiger partial charge in [-0.2, -0.15) is 0 Å². The van der Waals surface area contributed by atoms with E-state index in [9.17, 15) is 18.4 Å². The van der Waals surface area contributed by atoms with Crippen molar-refractivity contribution in [3.05, 3.63) is 65.0 Å². The number of anilines is 1. The molecule has 0 fully saturated rings. The number of halogens is 2. The molecule has 2 N–H and O–H groups in total. The van der Waals surface area contributed by atoms with Gasteiger partial charge in [-0.15, -0.1) is 11.3 Å². The Bertz CT molecular complexity index is 1160. The van der Waals surface area contributed by atoms with Gasteiger partial charge < -0.3 is 10.1 Å². The Kier molecular flexibility index (Phi) is 5.39. The molecule has 0 saturated carbocycles. The molecule has 30 heavy (non-hydrogen) atoms. The van der Waals surface area contributed by atoms with Gasteiger partial charge in [0.2, 0.25) is 0 Å². The number of benzene rings is 2. The maximum absolute atomic E-state index is 13.7. The van der Waals surface area contributed by atoms with Crippen LogP contribution in [0, 0.1) is 11.6 Å². The molecule has 1 aromatic heterocycles. The third-order valence-electron chi connectivity index (χ3n) is 4.50. The third-order valence-corrected chi connectivity index (χ3v) is 5.67. The van der Waals surface area contributed by atoms with Gasteiger partial charge in [-0.25, -0.2) is 23.5 Å². The molecule has 9 heteroatoms. The van der Waals surface area contributed by atoms with E-state index >= 15 is 0 Å². The van der Waals surface area contributed by atoms with Crippen molar-refractivity contribution in [2.45, 2.75) is 0 Å². The Morgan fingerprint density at radius 3 is 2.67 bits per heavy atom. The van der Waals surface area contributed by atoms with Crippen molar-refractivity contribution in [1.29, 1.82) is 0 Å². The molecule has 0 bridgehead atoms. The first kappa shape index (κ1) is 19.9. The fraction of sp³-hybridized carbons (Fsp3) is 0.0952. The standard InChI is InChI=1S/C21H15F2N3O3S/c1-29-14-5-2-12(3-6-14)18-9-17-20(30-18)21(28)26(11-24-17)10-19(27)25-16-8-13(22)4-7-15(16)23/h2-9,11H,10H2,1H3,(H,25,27)/p+1. The largest absolute Gasteiger partial charge is 0.497 e. The number of amides is 2. The fourth-order valence-electron chi connectivity index (χ4n) is 2.98. The van der Waals surface area contributed by atoms with E-state index in [2.05, 4.69) is 10.3 Å². The summed E-state index contributed by atoms with van der Waals surface area (Å²) in [5.41, 5.74) is 1.18. The summed E-state index contributed by atoms with van der Waals surface area (Å²) in [5, 5.41) is 2.29. The smallest absolute Gasteiger partial charge is 0.362 e. The lowest BCUT2D eigenvalue weighted by atomic mass is 10.1. The predicted octanol–water partition coefficient (Wildman–Crippen LogP) is 3.04. The minimum absolute atomic E-state index is 0.181. The van der Waals surface area contributed by atoms with Crippen molar-refractivity contribution in [1.82, 2.24) is 0 Å². The Labute approximate surface area is 174 Å². The van der Waals surface area contributed by atoms with Gasteiger partial charge in [0.25, 0.3) is 5.91 Å². The number of methoxy groups -OCH3 is 1. The summed E-state index contributed by atoms with van der Waals surface area (Å²) in [6.45, 7) is -0.298. The fourth-order valence-corrected chi connectivity index (χ4v) is 4.06. The number of nitrogens with zero attached hydrogens (tertiary/aromatic N) is 1. The van der Waals surface area contributed by atoms with E-state index < -0.39 is 17.5 Å². The van der Waals surface area contributed by atoms with Gasteiger partial charge in [0.15, 0.2) is 17.8 Å². The van der Waals surface area contributed by atoms with Crippen molar-refractivity contribution in [2.24, 2.45) is 4.99 Å². The average molecular weight is 428 g/mol. The van der Waals surface area contributed by atoms with Gasteiger partial charge in [-0.1, -0.05) is 0 Å². The second kappa shape index (κ2) is 8.13. The number of ether oxygens (including phenoxy) is 1. The van der Waals surface area contributed by atoms with Gasteiger partial charge in [0.05, 0.1) is 18.5 Å². The molecule has 2 aromatic carbocycles. The van der Waals surface area contributed by atoms with Crippen molar-refractivity contribution >= 4 is 40.9 Å². The maximum Gasteiger partial charge on any atom is 0.362 e. The van der Waals surface area contributed by atoms with Gasteiger partial charge >= 0.3 is 5.91 Å². The molecule has 1 aliphatic rings. The highest BCUT2D eigenvalue weighted by Crippen LogP contribution is 2.37. The Morgan fingerprint density at radius 1 is 1.17 bits per heavy atom. The molecule has 1 atom stereocenters. The minimum Gasteiger partial charge on any atom is -0.497 e. The van der Waals surface area contributed by atoms with Gasteiger partial charge in [-0.3, -0.25) is 4.79 Å². The Morgan fingerprint density at radius 2 is 1.93 bits per heavy atom. The molecule has 0 saturated heterocycles. The van der Waals surface area contributed by atoms with E-state index in [1.54, 1.807) is 7.11 Å². The van der Waals surface area contributed by atoms with Crippen LogP contribution in [-0.4, -0.2) is 31.8 Å². The molecule has 0 aliphatic carbocycles. The van der Waals surface area contributed by atoms with Crippen LogP contribution in [0.3, 0.4) is 0 Å². The molecule has 152 valence electrons. The van der Waals surface area contributed by atoms with E-state index in [-0.39, 0.29) is 23.0 Å². The second-order valence-electron chi connectivity index (χ2n) is 6.52. The van der Waals surface area contributed by atoms with E-state index in [1.807, 2.05) is 30.3 Å². The lowest BCUT2D eigenvalue weighted by Crippen LogP contribution is -3.15. The van der Waals surface area contributed by atoms with Crippen LogP contribution in [0.2, 0.25) is 0 Å². The molecule has 0 spiro atoms. The number of rotatable bonds is 5. The number of nitrogens with one attached hydrogen (secondary N) is 2. The van der Waals surface area contributed by atoms with Crippen molar-refractivity contribution in [2.75, 3.05) is 19.0 Å². The van der Waals surface area contributed by atoms with Crippen LogP contribution in [-0.2, 0) is 4.79 Å². The van der Waals surface area contributed by atoms with Crippen LogP contribution in [0.25, 0.3) is 10.4 Å². The minimum atomic E-state index is -0.761. The molecule has 4 rings (SSSR count). The average Bonchev–Trinajstić information content (AvgIpc) is 3.18. The normalized spacial score (nSPS) is 15.0. The van der Waals surface area contributed by atoms with Crippen molar-refractivity contribution in [3.63, 3.8) is 0 Å². The SMILES string of the molecule is COc1ccc(-c2cc3c(s2)C(=O)[NH+](CC(=O)Nc2cc(F)ccc2F)C=N3)cc1. The number of carbonyl (C=O) groups excluding carboxylic acids is 2. The highest BCUT2D eigenvalue weighted by molar-refractivity contribution is 7.18. The topological polar surface area (TPSA) is 72.2 Å². The lowest BCUT2D eigenvalue weighted by Gasteiger charge is -2.14. The number of fused-ring (bicyclic) bond motifs is 1. The van der Waals surface area contributed by atoms with E-state index in [1.165, 1.54) is 17.7 Å². The summed E-state index contributed by atoms with van der Waals surface area (Å²) in [6.07, 6.45) is 1.34. The first-order valence-corrected chi connectivity index (χ1v) is 9.74. The van der Waals surface area contributed by atoms with Crippen LogP contribution in [0.15, 0.2) is 53.5 Å². The predicted molar refractivity (Wildman–Crippen MR) is 110 cm³/mol. The number of thiophene rings is 1. The van der Waals surface area contributed by atoms with Crippen molar-refractivity contribution < 1.29 is 28.0 Å². The Balaban J connectivity index is 1.48. The highest BCUT2D eigenvalue weighted by Gasteiger charge is 2.32. The maximum atomic E-state index is 13.7. The van der Waals surface area contributed by atoms with Gasteiger partial charge in [0.1, 0.15) is 17.4 Å². The quantitative estimate of drug-likeness (QED) is 0.656. The number of carbonyl (C=O) groups is 2. The zero-order chi connectivity index (χ0) is 21.3. The molecule has 1 aliphatic heterocycles. The van der Waals surface area contributed by atoms with Crippen LogP contribution in [0.1, 0.15) is 9.67 Å². The molecule has 2 amide bonds. The summed E-state index contributed by atoms with van der Waals surface area (Å²) >= 11 is 1.28. The first-order valence-electron chi connectivity index (χ1n) is 8.92. The summed E-state index contributed by atoms with van der Waals surface area (Å²) < 4.78 is 32.1. The number of quaternary nitrogens is 1. The zero-order valence-electron chi connectivity index (χ0n) is 15.7. The lowest BCUT2D eigenvalue weighted by molar-refractivity contribution is -0.694. The molecule has 6 nitrogen and oxygen atoms in total. The monoisotopic (exact) mass is 428 g/mol. The van der Waals surface area contributed by atoms with E-state index in [0.29, 0.717) is 10.6 Å². The Hall–Kier alpha value is -3.43. The molecule has 0 radical (unpaired) electrons. The molecule has 1 unspecified atom stereocenters. The van der Waals surface area contributed by atoms with Crippen LogP contribution in [0.5, 0.6) is 5.75 Å². The molecular formula is C21H16F2N3O3S+. The van der Waals surface area contributed by atoms with Crippen LogP contribution < -0.4 is 15.0 Å². The summed E-state index contributed by atoms with van der Waals surface area (Å²) in [7, 11) is 1.59. The van der Waals surface area contributed by atoms with Crippen LogP contribution in [0.4, 0.5) is 20.2 Å². The summed E-state index contributed by atoms with van der Waals surface area (Å²) in [4.78, 5) is 30.8. The van der Waals surface area contributed by atoms with Crippen molar-refractivity contribution in [3.8, 4) is 16.2 Å². The second-order valence-corrected chi connectivity index (χ2v) is 7.57. The molecule has 2 heterocycles. The third kappa shape index (κ3) is 3.98. The summed E-state index contributed by atoms with van der Waals surface area (Å²) in [5.74, 6) is -1.65. The number of aliphatic imine (C=N–C) groups is 1. The van der Waals surface area contributed by atoms with Crippen LogP contribution >= 0.6 is 11.3 Å². The zero-order valence-corrected chi connectivity index (χ0v) is 16.6. The van der Waals surface area contributed by atoms with E-state index in [4.69, 9.17) is 4.74 Å².